The van der Waals surface area contributed by atoms with E-state index >= 15 is 0 Å². The van der Waals surface area contributed by atoms with E-state index in [1.54, 1.807) is 7.11 Å². The smallest absolute Gasteiger partial charge is 0.177 e. The standard InChI is InChI=1S/C30H35NO4/c1-4-17-31-18-16-29-26-22-12-13-23(33-3)27(26)35-28(29,2)25(32)14-15-30(29,24(31)20-22)34-19-8-11-21-9-6-5-7-10-21/h4-7,9-10,12-13,24H,1,8,11,14-20H2,2-3H3/t24-,28+,29+,30-/m1/s1. The Labute approximate surface area is 208 Å². The van der Waals surface area contributed by atoms with Gasteiger partial charge in [-0.15, -0.1) is 6.58 Å². The third-order valence-corrected chi connectivity index (χ3v) is 9.30. The van der Waals surface area contributed by atoms with E-state index in [-0.39, 0.29) is 11.8 Å². The molecule has 2 heterocycles. The van der Waals surface area contributed by atoms with E-state index in [0.717, 1.165) is 50.9 Å². The first kappa shape index (κ1) is 22.8. The quantitative estimate of drug-likeness (QED) is 0.413. The van der Waals surface area contributed by atoms with Crippen LogP contribution in [0.15, 0.2) is 55.1 Å². The van der Waals surface area contributed by atoms with Crippen molar-refractivity contribution in [2.45, 2.75) is 68.1 Å². The Morgan fingerprint density at radius 1 is 1.20 bits per heavy atom. The number of hydrogen-bond acceptors (Lipinski definition) is 5. The molecule has 0 radical (unpaired) electrons. The van der Waals surface area contributed by atoms with Crippen LogP contribution in [0.2, 0.25) is 0 Å². The maximum absolute atomic E-state index is 13.7. The molecule has 2 bridgehead atoms. The third-order valence-electron chi connectivity index (χ3n) is 9.30. The average Bonchev–Trinajstić information content (AvgIpc) is 3.15. The van der Waals surface area contributed by atoms with E-state index in [9.17, 15) is 4.79 Å². The fourth-order valence-electron chi connectivity index (χ4n) is 7.84. The van der Waals surface area contributed by atoms with Crippen molar-refractivity contribution in [1.29, 1.82) is 0 Å². The molecule has 5 nitrogen and oxygen atoms in total. The number of Topliss-reactive ketones (excluding diaryl/α,β-unsaturated/α-hetero) is 1. The second-order valence-electron chi connectivity index (χ2n) is 10.7. The van der Waals surface area contributed by atoms with Gasteiger partial charge in [-0.1, -0.05) is 42.5 Å². The van der Waals surface area contributed by atoms with E-state index in [2.05, 4.69) is 47.9 Å². The molecule has 2 aromatic rings. The number of likely N-dealkylation sites (tertiary alicyclic amines) is 1. The fraction of sp³-hybridized carbons (Fsp3) is 0.500. The highest BCUT2D eigenvalue weighted by atomic mass is 16.5. The molecular formula is C30H35NO4. The minimum absolute atomic E-state index is 0.175. The molecule has 0 unspecified atom stereocenters. The summed E-state index contributed by atoms with van der Waals surface area (Å²) in [5.74, 6) is 1.66. The summed E-state index contributed by atoms with van der Waals surface area (Å²) in [6.45, 7) is 8.43. The van der Waals surface area contributed by atoms with Gasteiger partial charge >= 0.3 is 0 Å². The van der Waals surface area contributed by atoms with Crippen LogP contribution in [0.3, 0.4) is 0 Å². The summed E-state index contributed by atoms with van der Waals surface area (Å²) in [5.41, 5.74) is 1.82. The van der Waals surface area contributed by atoms with Gasteiger partial charge in [0.05, 0.1) is 18.1 Å². The average molecular weight is 474 g/mol. The normalized spacial score (nSPS) is 32.6. The molecule has 35 heavy (non-hydrogen) atoms. The van der Waals surface area contributed by atoms with Crippen molar-refractivity contribution < 1.29 is 19.0 Å². The largest absolute Gasteiger partial charge is 0.493 e. The van der Waals surface area contributed by atoms with Crippen molar-refractivity contribution in [1.82, 2.24) is 4.90 Å². The van der Waals surface area contributed by atoms with Gasteiger partial charge in [-0.25, -0.2) is 0 Å². The molecule has 2 fully saturated rings. The lowest BCUT2D eigenvalue weighted by molar-refractivity contribution is -0.230. The number of methoxy groups -OCH3 is 1. The van der Waals surface area contributed by atoms with Gasteiger partial charge in [-0.05, 0) is 56.2 Å². The van der Waals surface area contributed by atoms with Crippen LogP contribution in [0.5, 0.6) is 11.5 Å². The first-order chi connectivity index (χ1) is 17.0. The van der Waals surface area contributed by atoms with Crippen LogP contribution >= 0.6 is 0 Å². The second-order valence-corrected chi connectivity index (χ2v) is 10.7. The van der Waals surface area contributed by atoms with Crippen LogP contribution in [-0.2, 0) is 27.8 Å². The molecule has 5 heteroatoms. The van der Waals surface area contributed by atoms with Gasteiger partial charge in [-0.3, -0.25) is 9.69 Å². The molecule has 0 amide bonds. The maximum Gasteiger partial charge on any atom is 0.177 e. The highest BCUT2D eigenvalue weighted by Crippen LogP contribution is 2.69. The molecule has 1 saturated carbocycles. The van der Waals surface area contributed by atoms with E-state index in [0.29, 0.717) is 18.8 Å². The first-order valence-corrected chi connectivity index (χ1v) is 13.0. The Morgan fingerprint density at radius 3 is 2.80 bits per heavy atom. The van der Waals surface area contributed by atoms with E-state index in [1.165, 1.54) is 16.7 Å². The Kier molecular flexibility index (Phi) is 5.35. The zero-order chi connectivity index (χ0) is 24.3. The number of rotatable bonds is 8. The van der Waals surface area contributed by atoms with Gasteiger partial charge < -0.3 is 14.2 Å². The first-order valence-electron chi connectivity index (χ1n) is 13.0. The van der Waals surface area contributed by atoms with Crippen LogP contribution in [0, 0.1) is 0 Å². The number of ether oxygens (including phenoxy) is 3. The predicted octanol–water partition coefficient (Wildman–Crippen LogP) is 4.65. The summed E-state index contributed by atoms with van der Waals surface area (Å²) in [4.78, 5) is 16.2. The maximum atomic E-state index is 13.7. The van der Waals surface area contributed by atoms with Gasteiger partial charge in [0, 0.05) is 37.7 Å². The summed E-state index contributed by atoms with van der Waals surface area (Å²) in [6.07, 6.45) is 6.83. The molecule has 0 aromatic heterocycles. The fourth-order valence-corrected chi connectivity index (χ4v) is 7.84. The number of nitrogens with zero attached hydrogens (tertiary/aromatic N) is 1. The lowest BCUT2D eigenvalue weighted by Gasteiger charge is -2.66. The van der Waals surface area contributed by atoms with Crippen LogP contribution in [0.1, 0.15) is 49.3 Å². The van der Waals surface area contributed by atoms with Crippen molar-refractivity contribution in [3.63, 3.8) is 0 Å². The highest BCUT2D eigenvalue weighted by molar-refractivity contribution is 5.94. The number of carbonyl (C=O) groups excluding carboxylic acids is 1. The van der Waals surface area contributed by atoms with E-state index in [1.807, 2.05) is 19.1 Å². The van der Waals surface area contributed by atoms with Crippen molar-refractivity contribution >= 4 is 5.78 Å². The molecule has 1 saturated heterocycles. The van der Waals surface area contributed by atoms with Crippen LogP contribution in [0.25, 0.3) is 0 Å². The minimum Gasteiger partial charge on any atom is -0.493 e. The molecule has 0 N–H and O–H groups in total. The summed E-state index contributed by atoms with van der Waals surface area (Å²) in [5, 5.41) is 0. The SMILES string of the molecule is C=CCN1CC[C@]23c4c5ccc(OC)c4O[C@@]2(C)C(=O)CC[C@@]3(OCCCc2ccccc2)[C@H]1C5. The molecule has 2 aromatic carbocycles. The van der Waals surface area contributed by atoms with Gasteiger partial charge in [0.1, 0.15) is 0 Å². The lowest BCUT2D eigenvalue weighted by Crippen LogP contribution is -2.80. The second kappa shape index (κ2) is 8.21. The Bertz CT molecular complexity index is 1160. The van der Waals surface area contributed by atoms with Gasteiger partial charge in [0.15, 0.2) is 22.9 Å². The number of ketones is 1. The van der Waals surface area contributed by atoms with Gasteiger partial charge in [0.2, 0.25) is 0 Å². The van der Waals surface area contributed by atoms with Crippen molar-refractivity contribution in [3.8, 4) is 11.5 Å². The van der Waals surface area contributed by atoms with Crippen LogP contribution in [-0.4, -0.2) is 54.7 Å². The molecule has 4 aliphatic rings. The third kappa shape index (κ3) is 2.91. The number of aryl methyl sites for hydroxylation is 1. The van der Waals surface area contributed by atoms with E-state index < -0.39 is 16.6 Å². The van der Waals surface area contributed by atoms with E-state index in [4.69, 9.17) is 14.2 Å². The molecule has 1 spiro atoms. The van der Waals surface area contributed by atoms with Gasteiger partial charge in [-0.2, -0.15) is 0 Å². The summed E-state index contributed by atoms with van der Waals surface area (Å²) in [7, 11) is 1.68. The van der Waals surface area contributed by atoms with Crippen LogP contribution in [0.4, 0.5) is 0 Å². The zero-order valence-electron chi connectivity index (χ0n) is 20.8. The predicted molar refractivity (Wildman–Crippen MR) is 135 cm³/mol. The molecule has 184 valence electrons. The zero-order valence-corrected chi connectivity index (χ0v) is 20.8. The topological polar surface area (TPSA) is 48.0 Å². The Balaban J connectivity index is 1.45. The van der Waals surface area contributed by atoms with Crippen LogP contribution < -0.4 is 9.47 Å². The number of piperidine rings is 1. The molecule has 6 rings (SSSR count). The number of hydrogen-bond donors (Lipinski definition) is 0. The minimum atomic E-state index is -0.949. The summed E-state index contributed by atoms with van der Waals surface area (Å²) < 4.78 is 19.6. The summed E-state index contributed by atoms with van der Waals surface area (Å²) >= 11 is 0. The monoisotopic (exact) mass is 473 g/mol. The van der Waals surface area contributed by atoms with Crippen molar-refractivity contribution in [2.24, 2.45) is 0 Å². The highest BCUT2D eigenvalue weighted by Gasteiger charge is 2.78. The Morgan fingerprint density at radius 2 is 2.03 bits per heavy atom. The van der Waals surface area contributed by atoms with Crippen molar-refractivity contribution in [3.05, 3.63) is 71.8 Å². The van der Waals surface area contributed by atoms with Crippen molar-refractivity contribution in [2.75, 3.05) is 26.8 Å². The lowest BCUT2D eigenvalue weighted by atomic mass is 9.45. The summed E-state index contributed by atoms with van der Waals surface area (Å²) in [6, 6.07) is 14.9. The Hall–Kier alpha value is -2.63. The van der Waals surface area contributed by atoms with Gasteiger partial charge in [0.25, 0.3) is 0 Å². The molecule has 2 aliphatic heterocycles. The molecular weight excluding hydrogens is 438 g/mol. The number of benzene rings is 2. The number of carbonyl (C=O) groups is 1. The molecule has 2 aliphatic carbocycles. The molecule has 4 atom stereocenters.